The molecule has 8 heteroatoms. The quantitative estimate of drug-likeness (QED) is 0.724. The van der Waals surface area contributed by atoms with Crippen molar-refractivity contribution in [3.8, 4) is 0 Å². The lowest BCUT2D eigenvalue weighted by Crippen LogP contribution is -2.41. The number of para-hydroxylation sites is 1. The molecule has 1 aromatic carbocycles. The van der Waals surface area contributed by atoms with Crippen LogP contribution in [0, 0.1) is 12.8 Å². The normalized spacial score (nSPS) is 15.2. The molecule has 4 rings (SSSR count). The Morgan fingerprint density at radius 3 is 2.78 bits per heavy atom. The average molecular weight is 383 g/mol. The maximum Gasteiger partial charge on any atom is 0.267 e. The summed E-state index contributed by atoms with van der Waals surface area (Å²) in [6.07, 6.45) is 1.76. The highest BCUT2D eigenvalue weighted by Crippen LogP contribution is 2.21. The molecule has 1 aliphatic heterocycles. The van der Waals surface area contributed by atoms with Crippen molar-refractivity contribution >= 4 is 34.2 Å². The van der Waals surface area contributed by atoms with Crippen molar-refractivity contribution in [1.29, 1.82) is 0 Å². The highest BCUT2D eigenvalue weighted by atomic mass is 32.1. The Morgan fingerprint density at radius 2 is 2.07 bits per heavy atom. The lowest BCUT2D eigenvalue weighted by atomic mass is 9.96. The molecule has 3 aromatic rings. The topological polar surface area (TPSA) is 91.0 Å². The molecular formula is C19H21N5O2S. The lowest BCUT2D eigenvalue weighted by Gasteiger charge is -2.31. The summed E-state index contributed by atoms with van der Waals surface area (Å²) < 4.78 is 3.84. The number of aryl methyl sites for hydroxylation is 1. The van der Waals surface area contributed by atoms with Crippen molar-refractivity contribution in [2.24, 2.45) is 5.92 Å². The van der Waals surface area contributed by atoms with E-state index in [0.717, 1.165) is 35.3 Å². The van der Waals surface area contributed by atoms with E-state index in [9.17, 15) is 9.59 Å². The Morgan fingerprint density at radius 1 is 1.30 bits per heavy atom. The fourth-order valence-electron chi connectivity index (χ4n) is 3.44. The minimum Gasteiger partial charge on any atom is -0.351 e. The van der Waals surface area contributed by atoms with Crippen LogP contribution < -0.4 is 5.32 Å². The number of hydrogen-bond acceptors (Lipinski definition) is 5. The van der Waals surface area contributed by atoms with E-state index < -0.39 is 0 Å². The molecule has 2 aromatic heterocycles. The van der Waals surface area contributed by atoms with Gasteiger partial charge >= 0.3 is 0 Å². The molecule has 27 heavy (non-hydrogen) atoms. The number of nitrogens with one attached hydrogen (secondary N) is 2. The first-order chi connectivity index (χ1) is 13.1. The molecule has 0 unspecified atom stereocenters. The first-order valence-corrected chi connectivity index (χ1v) is 9.83. The van der Waals surface area contributed by atoms with Crippen LogP contribution in [0.25, 0.3) is 10.9 Å². The maximum absolute atomic E-state index is 12.5. The third-order valence-electron chi connectivity index (χ3n) is 5.07. The summed E-state index contributed by atoms with van der Waals surface area (Å²) in [6.45, 7) is 3.83. The van der Waals surface area contributed by atoms with Crippen LogP contribution in [0.2, 0.25) is 0 Å². The van der Waals surface area contributed by atoms with Gasteiger partial charge in [0, 0.05) is 30.5 Å². The van der Waals surface area contributed by atoms with Crippen LogP contribution in [-0.2, 0) is 0 Å². The number of hydrogen-bond donors (Lipinski definition) is 2. The summed E-state index contributed by atoms with van der Waals surface area (Å²) in [6, 6.07) is 9.71. The van der Waals surface area contributed by atoms with Gasteiger partial charge in [-0.25, -0.2) is 0 Å². The number of carbonyl (C=O) groups excluding carboxylic acids is 2. The van der Waals surface area contributed by atoms with E-state index in [1.807, 2.05) is 42.2 Å². The van der Waals surface area contributed by atoms with Crippen LogP contribution in [0.15, 0.2) is 30.3 Å². The summed E-state index contributed by atoms with van der Waals surface area (Å²) in [7, 11) is 0. The Labute approximate surface area is 160 Å². The van der Waals surface area contributed by atoms with Gasteiger partial charge in [-0.2, -0.15) is 0 Å². The first-order valence-electron chi connectivity index (χ1n) is 9.06. The molecule has 140 valence electrons. The molecule has 0 spiro atoms. The van der Waals surface area contributed by atoms with Gasteiger partial charge in [0.15, 0.2) is 0 Å². The molecule has 1 fully saturated rings. The van der Waals surface area contributed by atoms with E-state index in [-0.39, 0.29) is 11.8 Å². The average Bonchev–Trinajstić information content (AvgIpc) is 3.32. The van der Waals surface area contributed by atoms with Gasteiger partial charge in [-0.05, 0) is 49.3 Å². The highest BCUT2D eigenvalue weighted by molar-refractivity contribution is 7.07. The SMILES string of the molecule is Cc1nnsc1C(=O)N1CCC(CNC(=O)c2cc3ccccc3[nH]2)CC1. The zero-order valence-corrected chi connectivity index (χ0v) is 15.9. The first kappa shape index (κ1) is 17.7. The van der Waals surface area contributed by atoms with Crippen LogP contribution in [0.3, 0.4) is 0 Å². The van der Waals surface area contributed by atoms with Crippen molar-refractivity contribution in [2.45, 2.75) is 19.8 Å². The van der Waals surface area contributed by atoms with Gasteiger partial charge in [-0.15, -0.1) is 5.10 Å². The minimum atomic E-state index is -0.0870. The van der Waals surface area contributed by atoms with Crippen LogP contribution in [0.5, 0.6) is 0 Å². The molecule has 0 atom stereocenters. The summed E-state index contributed by atoms with van der Waals surface area (Å²) in [4.78, 5) is 30.5. The zero-order chi connectivity index (χ0) is 18.8. The molecule has 1 aliphatic rings. The third-order valence-corrected chi connectivity index (χ3v) is 5.89. The van der Waals surface area contributed by atoms with Gasteiger partial charge < -0.3 is 15.2 Å². The van der Waals surface area contributed by atoms with E-state index in [4.69, 9.17) is 0 Å². The molecular weight excluding hydrogens is 362 g/mol. The van der Waals surface area contributed by atoms with Gasteiger partial charge in [0.05, 0.1) is 5.69 Å². The van der Waals surface area contributed by atoms with Gasteiger partial charge in [-0.1, -0.05) is 22.7 Å². The van der Waals surface area contributed by atoms with Crippen molar-refractivity contribution in [1.82, 2.24) is 24.8 Å². The van der Waals surface area contributed by atoms with Crippen molar-refractivity contribution < 1.29 is 9.59 Å². The van der Waals surface area contributed by atoms with E-state index in [2.05, 4.69) is 19.9 Å². The second-order valence-corrected chi connectivity index (χ2v) is 7.66. The fourth-order valence-corrected chi connectivity index (χ4v) is 4.06. The van der Waals surface area contributed by atoms with Crippen LogP contribution >= 0.6 is 11.5 Å². The zero-order valence-electron chi connectivity index (χ0n) is 15.1. The van der Waals surface area contributed by atoms with E-state index >= 15 is 0 Å². The van der Waals surface area contributed by atoms with E-state index in [1.54, 1.807) is 0 Å². The molecule has 2 N–H and O–H groups in total. The second-order valence-electron chi connectivity index (χ2n) is 6.90. The number of carbonyl (C=O) groups is 2. The van der Waals surface area contributed by atoms with Gasteiger partial charge in [0.1, 0.15) is 10.6 Å². The maximum atomic E-state index is 12.5. The largest absolute Gasteiger partial charge is 0.351 e. The van der Waals surface area contributed by atoms with Crippen LogP contribution in [-0.4, -0.2) is 50.9 Å². The number of aromatic amines is 1. The standard InChI is InChI=1S/C19H21N5O2S/c1-12-17(27-23-22-12)19(26)24-8-6-13(7-9-24)11-20-18(25)16-10-14-4-2-3-5-15(14)21-16/h2-5,10,13,21H,6-9,11H2,1H3,(H,20,25). The molecule has 0 bridgehead atoms. The minimum absolute atomic E-state index is 0.0167. The molecule has 7 nitrogen and oxygen atoms in total. The van der Waals surface area contributed by atoms with Gasteiger partial charge in [0.2, 0.25) is 0 Å². The van der Waals surface area contributed by atoms with Crippen molar-refractivity contribution in [3.05, 3.63) is 46.6 Å². The lowest BCUT2D eigenvalue weighted by molar-refractivity contribution is 0.0688. The summed E-state index contributed by atoms with van der Waals surface area (Å²) in [5.41, 5.74) is 2.23. The number of likely N-dealkylation sites (tertiary alicyclic amines) is 1. The molecule has 1 saturated heterocycles. The Kier molecular flexibility index (Phi) is 4.89. The predicted octanol–water partition coefficient (Wildman–Crippen LogP) is 2.61. The predicted molar refractivity (Wildman–Crippen MR) is 104 cm³/mol. The highest BCUT2D eigenvalue weighted by Gasteiger charge is 2.26. The molecule has 0 radical (unpaired) electrons. The Balaban J connectivity index is 1.28. The van der Waals surface area contributed by atoms with Crippen molar-refractivity contribution in [2.75, 3.05) is 19.6 Å². The fraction of sp³-hybridized carbons (Fsp3) is 0.368. The Hall–Kier alpha value is -2.74. The van der Waals surface area contributed by atoms with E-state index in [1.165, 1.54) is 0 Å². The number of aromatic nitrogens is 3. The number of benzene rings is 1. The van der Waals surface area contributed by atoms with Crippen molar-refractivity contribution in [3.63, 3.8) is 0 Å². The number of rotatable bonds is 4. The van der Waals surface area contributed by atoms with Crippen LogP contribution in [0.4, 0.5) is 0 Å². The number of piperidine rings is 1. The summed E-state index contributed by atoms with van der Waals surface area (Å²) in [5, 5.41) is 7.96. The second kappa shape index (κ2) is 7.48. The molecule has 2 amide bonds. The molecule has 3 heterocycles. The summed E-state index contributed by atoms with van der Waals surface area (Å²) in [5.74, 6) is 0.308. The van der Waals surface area contributed by atoms with E-state index in [0.29, 0.717) is 41.8 Å². The third kappa shape index (κ3) is 3.71. The molecule has 0 aliphatic carbocycles. The van der Waals surface area contributed by atoms with Gasteiger partial charge in [-0.3, -0.25) is 9.59 Å². The number of nitrogens with zero attached hydrogens (tertiary/aromatic N) is 3. The Bertz CT molecular complexity index is 938. The smallest absolute Gasteiger partial charge is 0.267 e. The number of amides is 2. The number of H-pyrrole nitrogens is 1. The molecule has 0 saturated carbocycles. The number of fused-ring (bicyclic) bond motifs is 1. The summed E-state index contributed by atoms with van der Waals surface area (Å²) >= 11 is 1.15. The van der Waals surface area contributed by atoms with Crippen LogP contribution in [0.1, 0.15) is 38.7 Å². The monoisotopic (exact) mass is 383 g/mol. The van der Waals surface area contributed by atoms with Gasteiger partial charge in [0.25, 0.3) is 11.8 Å².